The van der Waals surface area contributed by atoms with Gasteiger partial charge in [0.2, 0.25) is 5.91 Å². The normalized spacial score (nSPS) is 10.9. The smallest absolute Gasteiger partial charge is 0.307 e. The number of halogens is 1. The van der Waals surface area contributed by atoms with Gasteiger partial charge in [-0.15, -0.1) is 11.3 Å². The molecule has 0 spiro atoms. The number of hydrogen-bond acceptors (Lipinski definition) is 4. The second kappa shape index (κ2) is 8.73. The minimum atomic E-state index is -1.10. The summed E-state index contributed by atoms with van der Waals surface area (Å²) >= 11 is 1.67. The van der Waals surface area contributed by atoms with Crippen molar-refractivity contribution in [2.45, 2.75) is 32.1 Å². The van der Waals surface area contributed by atoms with Gasteiger partial charge in [-0.2, -0.15) is 0 Å². The van der Waals surface area contributed by atoms with Gasteiger partial charge in [-0.1, -0.05) is 18.2 Å². The molecular formula is C20H19FN2O3S. The highest BCUT2D eigenvalue weighted by molar-refractivity contribution is 7.18. The van der Waals surface area contributed by atoms with Crippen LogP contribution in [0.2, 0.25) is 0 Å². The van der Waals surface area contributed by atoms with E-state index < -0.39 is 11.8 Å². The van der Waals surface area contributed by atoms with Gasteiger partial charge in [-0.3, -0.25) is 9.59 Å². The average molecular weight is 386 g/mol. The highest BCUT2D eigenvalue weighted by Crippen LogP contribution is 2.23. The molecule has 0 radical (unpaired) electrons. The van der Waals surface area contributed by atoms with Crippen molar-refractivity contribution in [1.29, 1.82) is 0 Å². The molecule has 0 aliphatic carbocycles. The van der Waals surface area contributed by atoms with E-state index in [1.807, 2.05) is 24.3 Å². The maximum atomic E-state index is 13.8. The lowest BCUT2D eigenvalue weighted by Crippen LogP contribution is -2.12. The van der Waals surface area contributed by atoms with E-state index in [1.54, 1.807) is 11.3 Å². The van der Waals surface area contributed by atoms with Crippen LogP contribution in [0.25, 0.3) is 10.2 Å². The average Bonchev–Trinajstić information content (AvgIpc) is 3.03. The number of carboxylic acid groups (broad SMARTS) is 1. The first-order valence-corrected chi connectivity index (χ1v) is 9.47. The molecule has 3 rings (SSSR count). The van der Waals surface area contributed by atoms with E-state index in [0.717, 1.165) is 29.4 Å². The number of fused-ring (bicyclic) bond motifs is 1. The molecule has 2 aromatic carbocycles. The van der Waals surface area contributed by atoms with Crippen LogP contribution >= 0.6 is 11.3 Å². The molecule has 0 unspecified atom stereocenters. The first-order chi connectivity index (χ1) is 13.0. The molecule has 0 aliphatic rings. The zero-order valence-electron chi connectivity index (χ0n) is 14.6. The molecule has 3 aromatic rings. The Bertz CT molecular complexity index is 938. The molecule has 1 aromatic heterocycles. The van der Waals surface area contributed by atoms with Gasteiger partial charge in [0.1, 0.15) is 5.82 Å². The van der Waals surface area contributed by atoms with Crippen molar-refractivity contribution in [3.63, 3.8) is 0 Å². The third kappa shape index (κ3) is 5.34. The van der Waals surface area contributed by atoms with Crippen LogP contribution in [0.1, 0.15) is 29.8 Å². The lowest BCUT2D eigenvalue weighted by molar-refractivity contribution is -0.136. The maximum absolute atomic E-state index is 13.8. The van der Waals surface area contributed by atoms with E-state index in [9.17, 15) is 14.0 Å². The van der Waals surface area contributed by atoms with Crippen molar-refractivity contribution in [2.75, 3.05) is 5.32 Å². The van der Waals surface area contributed by atoms with Gasteiger partial charge >= 0.3 is 5.97 Å². The zero-order valence-corrected chi connectivity index (χ0v) is 15.4. The van der Waals surface area contributed by atoms with E-state index in [2.05, 4.69) is 10.3 Å². The van der Waals surface area contributed by atoms with Crippen molar-refractivity contribution in [3.8, 4) is 0 Å². The summed E-state index contributed by atoms with van der Waals surface area (Å²) in [5, 5.41) is 12.4. The molecule has 2 N–H and O–H groups in total. The van der Waals surface area contributed by atoms with Crippen LogP contribution in [-0.4, -0.2) is 22.0 Å². The molecule has 0 aliphatic heterocycles. The quantitative estimate of drug-likeness (QED) is 0.562. The Morgan fingerprint density at radius 3 is 2.70 bits per heavy atom. The fourth-order valence-corrected chi connectivity index (χ4v) is 3.75. The number of aromatic nitrogens is 1. The molecule has 1 amide bonds. The summed E-state index contributed by atoms with van der Waals surface area (Å²) in [7, 11) is 0. The van der Waals surface area contributed by atoms with Crippen LogP contribution in [-0.2, 0) is 22.4 Å². The predicted molar refractivity (Wildman–Crippen MR) is 104 cm³/mol. The van der Waals surface area contributed by atoms with Gasteiger partial charge < -0.3 is 10.4 Å². The number of thiazole rings is 1. The van der Waals surface area contributed by atoms with Crippen LogP contribution in [0.5, 0.6) is 0 Å². The Kier molecular flexibility index (Phi) is 6.13. The number of hydrogen-bond donors (Lipinski definition) is 2. The van der Waals surface area contributed by atoms with Crippen LogP contribution < -0.4 is 5.32 Å². The van der Waals surface area contributed by atoms with Crippen molar-refractivity contribution in [2.24, 2.45) is 0 Å². The number of carbonyl (C=O) groups excluding carboxylic acids is 1. The Morgan fingerprint density at radius 1 is 1.15 bits per heavy atom. The first-order valence-electron chi connectivity index (χ1n) is 8.66. The number of amides is 1. The third-order valence-electron chi connectivity index (χ3n) is 4.06. The molecule has 0 fully saturated rings. The molecule has 27 heavy (non-hydrogen) atoms. The number of para-hydroxylation sites is 1. The molecule has 0 bridgehead atoms. The number of nitrogens with zero attached hydrogens (tertiary/aromatic N) is 1. The largest absolute Gasteiger partial charge is 0.481 e. The minimum Gasteiger partial charge on any atom is -0.481 e. The molecule has 7 heteroatoms. The van der Waals surface area contributed by atoms with Crippen molar-refractivity contribution in [1.82, 2.24) is 4.98 Å². The number of benzene rings is 2. The number of carboxylic acids is 1. The van der Waals surface area contributed by atoms with Gasteiger partial charge in [-0.25, -0.2) is 9.37 Å². The zero-order chi connectivity index (χ0) is 19.2. The molecule has 140 valence electrons. The van der Waals surface area contributed by atoms with Gasteiger partial charge in [0, 0.05) is 12.1 Å². The summed E-state index contributed by atoms with van der Waals surface area (Å²) in [6.45, 7) is 0. The summed E-state index contributed by atoms with van der Waals surface area (Å²) in [4.78, 5) is 27.2. The molecule has 5 nitrogen and oxygen atoms in total. The van der Waals surface area contributed by atoms with Crippen molar-refractivity contribution in [3.05, 3.63) is 58.9 Å². The summed E-state index contributed by atoms with van der Waals surface area (Å²) in [5.74, 6) is -1.92. The standard InChI is InChI=1S/C20H19FN2O3S/c21-15-12-14(10-9-13(15)11-20(25)26)22-18(24)7-3-4-8-19-23-16-5-1-2-6-17(16)27-19/h1-2,5-6,9-10,12H,3-4,7-8,11H2,(H,22,24)(H,25,26). The van der Waals surface area contributed by atoms with Gasteiger partial charge in [0.05, 0.1) is 21.6 Å². The lowest BCUT2D eigenvalue weighted by atomic mass is 10.1. The van der Waals surface area contributed by atoms with Crippen LogP contribution in [0.15, 0.2) is 42.5 Å². The monoisotopic (exact) mass is 386 g/mol. The Labute approximate surface area is 159 Å². The molecular weight excluding hydrogens is 367 g/mol. The lowest BCUT2D eigenvalue weighted by Gasteiger charge is -2.07. The number of nitrogens with one attached hydrogen (secondary N) is 1. The van der Waals surface area contributed by atoms with Gasteiger partial charge in [-0.05, 0) is 49.1 Å². The van der Waals surface area contributed by atoms with E-state index in [4.69, 9.17) is 5.11 Å². The second-order valence-electron chi connectivity index (χ2n) is 6.21. The summed E-state index contributed by atoms with van der Waals surface area (Å²) < 4.78 is 15.0. The first kappa shape index (κ1) is 19.0. The van der Waals surface area contributed by atoms with Crippen LogP contribution in [0.4, 0.5) is 10.1 Å². The number of aryl methyl sites for hydroxylation is 1. The topological polar surface area (TPSA) is 79.3 Å². The van der Waals surface area contributed by atoms with Crippen LogP contribution in [0.3, 0.4) is 0 Å². The predicted octanol–water partition coefficient (Wildman–Crippen LogP) is 4.41. The fourth-order valence-electron chi connectivity index (χ4n) is 2.74. The Hall–Kier alpha value is -2.80. The summed E-state index contributed by atoms with van der Waals surface area (Å²) in [6.07, 6.45) is 2.33. The van der Waals surface area contributed by atoms with E-state index in [0.29, 0.717) is 18.5 Å². The number of unbranched alkanes of at least 4 members (excludes halogenated alkanes) is 1. The minimum absolute atomic E-state index is 0.0938. The number of anilines is 1. The highest BCUT2D eigenvalue weighted by atomic mass is 32.1. The van der Waals surface area contributed by atoms with Gasteiger partial charge in [0.25, 0.3) is 0 Å². The van der Waals surface area contributed by atoms with Crippen molar-refractivity contribution >= 4 is 39.1 Å². The Morgan fingerprint density at radius 2 is 1.96 bits per heavy atom. The fraction of sp³-hybridized carbons (Fsp3) is 0.250. The second-order valence-corrected chi connectivity index (χ2v) is 7.32. The van der Waals surface area contributed by atoms with Gasteiger partial charge in [0.15, 0.2) is 0 Å². The SMILES string of the molecule is O=C(O)Cc1ccc(NC(=O)CCCCc2nc3ccccc3s2)cc1F. The van der Waals surface area contributed by atoms with E-state index in [-0.39, 0.29) is 17.9 Å². The molecule has 0 saturated heterocycles. The molecule has 0 atom stereocenters. The van der Waals surface area contributed by atoms with E-state index in [1.165, 1.54) is 16.8 Å². The van der Waals surface area contributed by atoms with E-state index >= 15 is 0 Å². The highest BCUT2D eigenvalue weighted by Gasteiger charge is 2.10. The summed E-state index contributed by atoms with van der Waals surface area (Å²) in [5.41, 5.74) is 1.43. The maximum Gasteiger partial charge on any atom is 0.307 e. The van der Waals surface area contributed by atoms with Crippen molar-refractivity contribution < 1.29 is 19.1 Å². The molecule has 1 heterocycles. The number of carbonyl (C=O) groups is 2. The number of aliphatic carboxylic acids is 1. The number of rotatable bonds is 8. The molecule has 0 saturated carbocycles. The van der Waals surface area contributed by atoms with Crippen LogP contribution in [0, 0.1) is 5.82 Å². The summed E-state index contributed by atoms with van der Waals surface area (Å²) in [6, 6.07) is 12.0. The Balaban J connectivity index is 1.44. The third-order valence-corrected chi connectivity index (χ3v) is 5.16.